The van der Waals surface area contributed by atoms with Crippen LogP contribution in [0.3, 0.4) is 0 Å². The van der Waals surface area contributed by atoms with Crippen molar-refractivity contribution < 1.29 is 19.2 Å². The molecule has 3 aliphatic rings. The number of piperazine rings is 1. The minimum absolute atomic E-state index is 0.0475. The minimum Gasteiger partial charge on any atom is -0.353 e. The highest BCUT2D eigenvalue weighted by molar-refractivity contribution is 8.15. The molecule has 2 N–H and O–H groups in total. The first-order valence-corrected chi connectivity index (χ1v) is 10.9. The number of hydrogen-bond donors (Lipinski definition) is 2. The SMILES string of the molecule is O=C1CN(C(=O)c2ccc(NC(=O)CC3SC(N4CCCC4)=NC3=O)cc2)CCN1. The van der Waals surface area contributed by atoms with Crippen LogP contribution in [0, 0.1) is 0 Å². The van der Waals surface area contributed by atoms with E-state index in [1.54, 1.807) is 24.3 Å². The van der Waals surface area contributed by atoms with Crippen LogP contribution >= 0.6 is 11.8 Å². The Kier molecular flexibility index (Phi) is 6.03. The summed E-state index contributed by atoms with van der Waals surface area (Å²) in [6.07, 6.45) is 2.25. The van der Waals surface area contributed by atoms with Gasteiger partial charge in [-0.25, -0.2) is 0 Å². The number of benzene rings is 1. The minimum atomic E-state index is -0.494. The van der Waals surface area contributed by atoms with Crippen LogP contribution in [0.25, 0.3) is 0 Å². The second-order valence-electron chi connectivity index (χ2n) is 7.44. The number of nitrogens with one attached hydrogen (secondary N) is 2. The molecule has 1 aromatic carbocycles. The molecule has 158 valence electrons. The van der Waals surface area contributed by atoms with E-state index >= 15 is 0 Å². The third-order valence-electron chi connectivity index (χ3n) is 5.22. The zero-order valence-corrected chi connectivity index (χ0v) is 17.2. The molecule has 9 nitrogen and oxygen atoms in total. The Morgan fingerprint density at radius 1 is 1.13 bits per heavy atom. The first-order valence-electron chi connectivity index (χ1n) is 9.99. The van der Waals surface area contributed by atoms with Crippen molar-refractivity contribution in [1.29, 1.82) is 0 Å². The van der Waals surface area contributed by atoms with Gasteiger partial charge in [0.05, 0.1) is 6.54 Å². The van der Waals surface area contributed by atoms with Gasteiger partial charge in [-0.3, -0.25) is 19.2 Å². The number of rotatable bonds is 4. The van der Waals surface area contributed by atoms with Crippen molar-refractivity contribution in [2.24, 2.45) is 4.99 Å². The summed E-state index contributed by atoms with van der Waals surface area (Å²) in [6, 6.07) is 6.53. The van der Waals surface area contributed by atoms with Gasteiger partial charge < -0.3 is 20.4 Å². The molecule has 1 atom stereocenters. The number of nitrogens with zero attached hydrogens (tertiary/aromatic N) is 3. The van der Waals surface area contributed by atoms with E-state index < -0.39 is 5.25 Å². The molecule has 2 saturated heterocycles. The number of thioether (sulfide) groups is 1. The number of carbonyl (C=O) groups is 4. The van der Waals surface area contributed by atoms with E-state index in [2.05, 4.69) is 20.5 Å². The van der Waals surface area contributed by atoms with Crippen LogP contribution in [-0.2, 0) is 14.4 Å². The molecule has 0 bridgehead atoms. The third-order valence-corrected chi connectivity index (χ3v) is 6.43. The summed E-state index contributed by atoms with van der Waals surface area (Å²) >= 11 is 1.36. The lowest BCUT2D eigenvalue weighted by atomic mass is 10.1. The first-order chi connectivity index (χ1) is 14.5. The highest BCUT2D eigenvalue weighted by Crippen LogP contribution is 2.29. The first kappa shape index (κ1) is 20.4. The largest absolute Gasteiger partial charge is 0.353 e. The van der Waals surface area contributed by atoms with Gasteiger partial charge in [-0.1, -0.05) is 11.8 Å². The van der Waals surface area contributed by atoms with Crippen molar-refractivity contribution in [3.8, 4) is 0 Å². The molecular formula is C20H23N5O4S. The second kappa shape index (κ2) is 8.86. The molecule has 1 unspecified atom stereocenters. The Labute approximate surface area is 178 Å². The maximum Gasteiger partial charge on any atom is 0.262 e. The Morgan fingerprint density at radius 3 is 2.57 bits per heavy atom. The monoisotopic (exact) mass is 429 g/mol. The topological polar surface area (TPSA) is 111 Å². The van der Waals surface area contributed by atoms with Crippen LogP contribution in [0.1, 0.15) is 29.6 Å². The lowest BCUT2D eigenvalue weighted by Crippen LogP contribution is -2.49. The van der Waals surface area contributed by atoms with Gasteiger partial charge in [0.25, 0.3) is 11.8 Å². The number of likely N-dealkylation sites (tertiary alicyclic amines) is 1. The van der Waals surface area contributed by atoms with E-state index in [9.17, 15) is 19.2 Å². The molecule has 3 aliphatic heterocycles. The second-order valence-corrected chi connectivity index (χ2v) is 8.61. The molecule has 0 radical (unpaired) electrons. The van der Waals surface area contributed by atoms with Gasteiger partial charge in [0.2, 0.25) is 11.8 Å². The van der Waals surface area contributed by atoms with Crippen molar-refractivity contribution in [3.63, 3.8) is 0 Å². The normalized spacial score (nSPS) is 21.5. The summed E-state index contributed by atoms with van der Waals surface area (Å²) in [5.41, 5.74) is 0.997. The van der Waals surface area contributed by atoms with Crippen molar-refractivity contribution in [2.45, 2.75) is 24.5 Å². The molecule has 3 heterocycles. The average Bonchev–Trinajstić information content (AvgIpc) is 3.38. The van der Waals surface area contributed by atoms with Crippen LogP contribution in [0.5, 0.6) is 0 Å². The van der Waals surface area contributed by atoms with Crippen LogP contribution in [-0.4, -0.2) is 76.6 Å². The predicted octanol–water partition coefficient (Wildman–Crippen LogP) is 0.681. The van der Waals surface area contributed by atoms with Gasteiger partial charge >= 0.3 is 0 Å². The van der Waals surface area contributed by atoms with Crippen molar-refractivity contribution in [2.75, 3.05) is 38.0 Å². The quantitative estimate of drug-likeness (QED) is 0.728. The van der Waals surface area contributed by atoms with Gasteiger partial charge in [-0.15, -0.1) is 0 Å². The van der Waals surface area contributed by atoms with E-state index in [0.29, 0.717) is 24.3 Å². The van der Waals surface area contributed by atoms with Gasteiger partial charge in [-0.05, 0) is 37.1 Å². The number of amidine groups is 1. The maximum absolute atomic E-state index is 12.5. The van der Waals surface area contributed by atoms with E-state index in [1.165, 1.54) is 16.7 Å². The molecule has 30 heavy (non-hydrogen) atoms. The fourth-order valence-corrected chi connectivity index (χ4v) is 4.74. The van der Waals surface area contributed by atoms with E-state index in [0.717, 1.165) is 31.1 Å². The fourth-order valence-electron chi connectivity index (χ4n) is 3.62. The Balaban J connectivity index is 1.29. The van der Waals surface area contributed by atoms with Crippen LogP contribution in [0.2, 0.25) is 0 Å². The van der Waals surface area contributed by atoms with E-state index in [-0.39, 0.29) is 36.6 Å². The third kappa shape index (κ3) is 4.64. The Morgan fingerprint density at radius 2 is 1.87 bits per heavy atom. The summed E-state index contributed by atoms with van der Waals surface area (Å²) in [5.74, 6) is -0.925. The summed E-state index contributed by atoms with van der Waals surface area (Å²) in [6.45, 7) is 2.78. The predicted molar refractivity (Wildman–Crippen MR) is 113 cm³/mol. The molecule has 4 amide bonds. The number of carbonyl (C=O) groups excluding carboxylic acids is 4. The van der Waals surface area contributed by atoms with Crippen molar-refractivity contribution >= 4 is 46.2 Å². The highest BCUT2D eigenvalue weighted by Gasteiger charge is 2.33. The summed E-state index contributed by atoms with van der Waals surface area (Å²) in [7, 11) is 0. The summed E-state index contributed by atoms with van der Waals surface area (Å²) < 4.78 is 0. The van der Waals surface area contributed by atoms with Gasteiger partial charge in [0.15, 0.2) is 5.17 Å². The zero-order chi connectivity index (χ0) is 21.1. The van der Waals surface area contributed by atoms with E-state index in [4.69, 9.17) is 0 Å². The molecular weight excluding hydrogens is 406 g/mol. The summed E-state index contributed by atoms with van der Waals surface area (Å²) in [5, 5.41) is 5.68. The molecule has 4 rings (SSSR count). The molecule has 1 aromatic rings. The Bertz CT molecular complexity index is 895. The molecule has 0 saturated carbocycles. The lowest BCUT2D eigenvalue weighted by Gasteiger charge is -2.26. The Hall–Kier alpha value is -2.88. The molecule has 0 aliphatic carbocycles. The molecule has 10 heteroatoms. The van der Waals surface area contributed by atoms with Crippen molar-refractivity contribution in [1.82, 2.24) is 15.1 Å². The molecule has 0 spiro atoms. The summed E-state index contributed by atoms with van der Waals surface area (Å²) in [4.78, 5) is 56.2. The van der Waals surface area contributed by atoms with Crippen molar-refractivity contribution in [3.05, 3.63) is 29.8 Å². The smallest absolute Gasteiger partial charge is 0.262 e. The maximum atomic E-state index is 12.5. The zero-order valence-electron chi connectivity index (χ0n) is 16.4. The standard InChI is InChI=1S/C20H23N5O4S/c26-16(11-15-18(28)23-20(30-15)24-8-1-2-9-24)22-14-5-3-13(4-6-14)19(29)25-10-7-21-17(27)12-25/h3-6,15H,1-2,7-12H2,(H,21,27)(H,22,26). The average molecular weight is 430 g/mol. The molecule has 2 fully saturated rings. The van der Waals surface area contributed by atoms with Crippen LogP contribution < -0.4 is 10.6 Å². The number of amides is 4. The van der Waals surface area contributed by atoms with Crippen LogP contribution in [0.4, 0.5) is 5.69 Å². The van der Waals surface area contributed by atoms with Crippen LogP contribution in [0.15, 0.2) is 29.3 Å². The number of anilines is 1. The van der Waals surface area contributed by atoms with Gasteiger partial charge in [-0.2, -0.15) is 4.99 Å². The number of hydrogen-bond acceptors (Lipinski definition) is 6. The molecule has 0 aromatic heterocycles. The van der Waals surface area contributed by atoms with E-state index in [1.807, 2.05) is 0 Å². The lowest BCUT2D eigenvalue weighted by molar-refractivity contribution is -0.123. The van der Waals surface area contributed by atoms with Gasteiger partial charge in [0, 0.05) is 43.9 Å². The van der Waals surface area contributed by atoms with Gasteiger partial charge in [0.1, 0.15) is 5.25 Å². The fraction of sp³-hybridized carbons (Fsp3) is 0.450. The highest BCUT2D eigenvalue weighted by atomic mass is 32.2. The number of aliphatic imine (C=N–C) groups is 1.